The van der Waals surface area contributed by atoms with Gasteiger partial charge in [-0.1, -0.05) is 25.4 Å². The fourth-order valence-corrected chi connectivity index (χ4v) is 1.93. The summed E-state index contributed by atoms with van der Waals surface area (Å²) in [6.45, 7) is 4.05. The van der Waals surface area contributed by atoms with Gasteiger partial charge in [-0.05, 0) is 0 Å². The van der Waals surface area contributed by atoms with Crippen LogP contribution in [0.3, 0.4) is 0 Å². The first-order chi connectivity index (χ1) is 9.88. The van der Waals surface area contributed by atoms with Gasteiger partial charge in [-0.2, -0.15) is 9.61 Å². The largest absolute Gasteiger partial charge is 0.396 e. The van der Waals surface area contributed by atoms with Gasteiger partial charge in [0.25, 0.3) is 5.91 Å². The monoisotopic (exact) mass is 311 g/mol. The molecule has 114 valence electrons. The number of aliphatic hydroxyl groups excluding tert-OH is 1. The number of hydrogen-bond acceptors (Lipinski definition) is 5. The molecule has 0 unspecified atom stereocenters. The van der Waals surface area contributed by atoms with Gasteiger partial charge in [-0.3, -0.25) is 4.79 Å². The third-order valence-corrected chi connectivity index (χ3v) is 3.29. The van der Waals surface area contributed by atoms with Gasteiger partial charge in [-0.25, -0.2) is 4.98 Å². The maximum atomic E-state index is 12.2. The van der Waals surface area contributed by atoms with Crippen LogP contribution in [-0.2, 0) is 0 Å². The summed E-state index contributed by atoms with van der Waals surface area (Å²) in [5.41, 5.74) is 0.328. The topological polar surface area (TPSA) is 91.5 Å². The number of carbonyl (C=O) groups is 1. The summed E-state index contributed by atoms with van der Waals surface area (Å²) in [7, 11) is 1.73. The van der Waals surface area contributed by atoms with Gasteiger partial charge >= 0.3 is 0 Å². The molecule has 0 aliphatic carbocycles. The van der Waals surface area contributed by atoms with Crippen molar-refractivity contribution in [3.63, 3.8) is 0 Å². The standard InChI is InChI=1S/C13H18ClN5O2/c1-13(2,7-20)6-16-12(21)8-5-17-19-10(15-3)4-9(14)18-11(8)19/h4-5,15,20H,6-7H2,1-3H3,(H,16,21). The number of nitrogens with one attached hydrogen (secondary N) is 2. The lowest BCUT2D eigenvalue weighted by molar-refractivity contribution is 0.0912. The van der Waals surface area contributed by atoms with Crippen molar-refractivity contribution in [2.45, 2.75) is 13.8 Å². The van der Waals surface area contributed by atoms with Crippen molar-refractivity contribution >= 4 is 29.0 Å². The Hall–Kier alpha value is -1.86. The lowest BCUT2D eigenvalue weighted by Crippen LogP contribution is -2.36. The number of carbonyl (C=O) groups excluding carboxylic acids is 1. The second kappa shape index (κ2) is 5.87. The minimum atomic E-state index is -0.389. The average molecular weight is 312 g/mol. The Morgan fingerprint density at radius 2 is 2.24 bits per heavy atom. The molecule has 0 saturated carbocycles. The number of anilines is 1. The molecule has 0 spiro atoms. The molecule has 0 aliphatic rings. The molecule has 8 heteroatoms. The van der Waals surface area contributed by atoms with E-state index in [1.807, 2.05) is 13.8 Å². The van der Waals surface area contributed by atoms with Crippen LogP contribution >= 0.6 is 11.6 Å². The van der Waals surface area contributed by atoms with E-state index < -0.39 is 0 Å². The zero-order valence-electron chi connectivity index (χ0n) is 12.1. The first kappa shape index (κ1) is 15.5. The molecule has 3 N–H and O–H groups in total. The third-order valence-electron chi connectivity index (χ3n) is 3.10. The SMILES string of the molecule is CNc1cc(Cl)nc2c(C(=O)NCC(C)(C)CO)cnn12. The second-order valence-electron chi connectivity index (χ2n) is 5.51. The van der Waals surface area contributed by atoms with Crippen molar-refractivity contribution in [1.82, 2.24) is 19.9 Å². The third kappa shape index (κ3) is 3.25. The van der Waals surface area contributed by atoms with E-state index in [4.69, 9.17) is 11.6 Å². The van der Waals surface area contributed by atoms with E-state index in [0.717, 1.165) is 0 Å². The molecule has 2 aromatic heterocycles. The van der Waals surface area contributed by atoms with Crippen LogP contribution in [0.5, 0.6) is 0 Å². The molecule has 7 nitrogen and oxygen atoms in total. The van der Waals surface area contributed by atoms with Gasteiger partial charge in [0, 0.05) is 31.7 Å². The summed E-state index contributed by atoms with van der Waals surface area (Å²) in [5.74, 6) is 0.336. The molecule has 0 aromatic carbocycles. The maximum absolute atomic E-state index is 12.2. The summed E-state index contributed by atoms with van der Waals surface area (Å²) >= 11 is 5.95. The molecule has 1 amide bonds. The van der Waals surface area contributed by atoms with E-state index in [0.29, 0.717) is 23.6 Å². The highest BCUT2D eigenvalue weighted by atomic mass is 35.5. The molecular formula is C13H18ClN5O2. The first-order valence-electron chi connectivity index (χ1n) is 6.49. The van der Waals surface area contributed by atoms with Crippen molar-refractivity contribution in [2.24, 2.45) is 5.41 Å². The van der Waals surface area contributed by atoms with Crippen molar-refractivity contribution in [1.29, 1.82) is 0 Å². The van der Waals surface area contributed by atoms with Gasteiger partial charge in [0.2, 0.25) is 0 Å². The summed E-state index contributed by atoms with van der Waals surface area (Å²) in [4.78, 5) is 16.4. The Bertz CT molecular complexity index is 668. The lowest BCUT2D eigenvalue weighted by Gasteiger charge is -2.21. The molecule has 0 fully saturated rings. The van der Waals surface area contributed by atoms with Crippen LogP contribution in [0.25, 0.3) is 5.65 Å². The summed E-state index contributed by atoms with van der Waals surface area (Å²) in [5, 5.41) is 19.3. The second-order valence-corrected chi connectivity index (χ2v) is 5.90. The Morgan fingerprint density at radius 1 is 1.52 bits per heavy atom. The predicted molar refractivity (Wildman–Crippen MR) is 80.7 cm³/mol. The summed E-state index contributed by atoms with van der Waals surface area (Å²) in [6, 6.07) is 1.62. The van der Waals surface area contributed by atoms with Crippen molar-refractivity contribution < 1.29 is 9.90 Å². The van der Waals surface area contributed by atoms with Crippen LogP contribution in [0.2, 0.25) is 5.15 Å². The quantitative estimate of drug-likeness (QED) is 0.721. The fourth-order valence-electron chi connectivity index (χ4n) is 1.74. The van der Waals surface area contributed by atoms with Gasteiger partial charge in [0.15, 0.2) is 5.65 Å². The Morgan fingerprint density at radius 3 is 2.86 bits per heavy atom. The van der Waals surface area contributed by atoms with E-state index in [9.17, 15) is 9.90 Å². The van der Waals surface area contributed by atoms with E-state index in [2.05, 4.69) is 20.7 Å². The molecule has 0 atom stereocenters. The van der Waals surface area contributed by atoms with Crippen LogP contribution in [0.1, 0.15) is 24.2 Å². The van der Waals surface area contributed by atoms with Gasteiger partial charge < -0.3 is 15.7 Å². The van der Waals surface area contributed by atoms with E-state index >= 15 is 0 Å². The van der Waals surface area contributed by atoms with E-state index in [-0.39, 0.29) is 23.1 Å². The Balaban J connectivity index is 2.30. The molecule has 2 aromatic rings. The van der Waals surface area contributed by atoms with E-state index in [1.165, 1.54) is 10.7 Å². The minimum Gasteiger partial charge on any atom is -0.396 e. The number of halogens is 1. The minimum absolute atomic E-state index is 0.0178. The van der Waals surface area contributed by atoms with Crippen molar-refractivity contribution in [3.8, 4) is 0 Å². The fraction of sp³-hybridized carbons (Fsp3) is 0.462. The highest BCUT2D eigenvalue weighted by Gasteiger charge is 2.21. The maximum Gasteiger partial charge on any atom is 0.256 e. The van der Waals surface area contributed by atoms with Crippen molar-refractivity contribution in [2.75, 3.05) is 25.5 Å². The first-order valence-corrected chi connectivity index (χ1v) is 6.87. The molecule has 21 heavy (non-hydrogen) atoms. The molecule has 0 bridgehead atoms. The highest BCUT2D eigenvalue weighted by molar-refractivity contribution is 6.29. The van der Waals surface area contributed by atoms with Crippen molar-refractivity contribution in [3.05, 3.63) is 23.0 Å². The molecule has 0 aliphatic heterocycles. The number of fused-ring (bicyclic) bond motifs is 1. The number of aliphatic hydroxyl groups is 1. The predicted octanol–water partition coefficient (Wildman–Crippen LogP) is 1.17. The van der Waals surface area contributed by atoms with Gasteiger partial charge in [0.05, 0.1) is 6.20 Å². The normalized spacial score (nSPS) is 11.7. The van der Waals surface area contributed by atoms with Crippen LogP contribution in [0.15, 0.2) is 12.3 Å². The van der Waals surface area contributed by atoms with Gasteiger partial charge in [-0.15, -0.1) is 0 Å². The molecular weight excluding hydrogens is 294 g/mol. The summed E-state index contributed by atoms with van der Waals surface area (Å²) < 4.78 is 1.51. The van der Waals surface area contributed by atoms with E-state index in [1.54, 1.807) is 13.1 Å². The highest BCUT2D eigenvalue weighted by Crippen LogP contribution is 2.19. The van der Waals surface area contributed by atoms with Crippen LogP contribution in [0, 0.1) is 5.41 Å². The molecule has 0 radical (unpaired) electrons. The number of amides is 1. The van der Waals surface area contributed by atoms with Crippen LogP contribution in [0.4, 0.5) is 5.82 Å². The average Bonchev–Trinajstić information content (AvgIpc) is 2.87. The number of hydrogen-bond donors (Lipinski definition) is 3. The Labute approximate surface area is 127 Å². The molecule has 2 heterocycles. The van der Waals surface area contributed by atoms with Crippen LogP contribution < -0.4 is 10.6 Å². The smallest absolute Gasteiger partial charge is 0.256 e. The van der Waals surface area contributed by atoms with Gasteiger partial charge in [0.1, 0.15) is 16.5 Å². The Kier molecular flexibility index (Phi) is 4.34. The number of nitrogens with zero attached hydrogens (tertiary/aromatic N) is 3. The number of aromatic nitrogens is 3. The number of rotatable bonds is 5. The zero-order chi connectivity index (χ0) is 15.6. The summed E-state index contributed by atoms with van der Waals surface area (Å²) in [6.07, 6.45) is 1.45. The zero-order valence-corrected chi connectivity index (χ0v) is 12.9. The van der Waals surface area contributed by atoms with Crippen LogP contribution in [-0.4, -0.2) is 45.8 Å². The molecule has 2 rings (SSSR count). The lowest BCUT2D eigenvalue weighted by atomic mass is 9.95. The molecule has 0 saturated heterocycles.